The van der Waals surface area contributed by atoms with E-state index in [1.165, 1.54) is 22.1 Å². The first kappa shape index (κ1) is 17.7. The summed E-state index contributed by atoms with van der Waals surface area (Å²) < 4.78 is 27.8. The summed E-state index contributed by atoms with van der Waals surface area (Å²) in [6, 6.07) is 8.34. The molecule has 1 atom stereocenters. The number of nitrogens with one attached hydrogen (secondary N) is 1. The molecule has 1 fully saturated rings. The lowest BCUT2D eigenvalue weighted by molar-refractivity contribution is 0.271. The maximum atomic E-state index is 13.1. The second-order valence-corrected chi connectivity index (χ2v) is 8.56. The molecule has 0 radical (unpaired) electrons. The van der Waals surface area contributed by atoms with Gasteiger partial charge in [-0.2, -0.15) is 4.31 Å². The average Bonchev–Trinajstić information content (AvgIpc) is 2.62. The molecule has 1 aromatic carbocycles. The summed E-state index contributed by atoms with van der Waals surface area (Å²) in [6.07, 6.45) is 5.30. The number of nitrogens with zero attached hydrogens (tertiary/aromatic N) is 2. The average molecular weight is 384 g/mol. The number of benzene rings is 1. The van der Waals surface area contributed by atoms with Crippen LogP contribution in [0, 0.1) is 0 Å². The molecule has 0 spiro atoms. The van der Waals surface area contributed by atoms with Crippen molar-refractivity contribution in [2.45, 2.75) is 15.8 Å². The van der Waals surface area contributed by atoms with Crippen LogP contribution >= 0.6 is 23.4 Å². The first-order valence-corrected chi connectivity index (χ1v) is 10.5. The maximum absolute atomic E-state index is 13.1. The SMILES string of the molecule is CSc1ccc(S(=O)(=O)N2CCNCC2c2cccnc2)cc1Cl. The Kier molecular flexibility index (Phi) is 5.46. The molecular formula is C16H18ClN3O2S2. The van der Waals surface area contributed by atoms with Crippen LogP contribution in [0.4, 0.5) is 0 Å². The molecule has 8 heteroatoms. The van der Waals surface area contributed by atoms with E-state index >= 15 is 0 Å². The Balaban J connectivity index is 1.99. The summed E-state index contributed by atoms with van der Waals surface area (Å²) >= 11 is 7.69. The Morgan fingerprint density at radius 3 is 2.88 bits per heavy atom. The van der Waals surface area contributed by atoms with Gasteiger partial charge in [-0.25, -0.2) is 8.42 Å². The van der Waals surface area contributed by atoms with Crippen molar-refractivity contribution in [3.63, 3.8) is 0 Å². The van der Waals surface area contributed by atoms with Gasteiger partial charge in [-0.3, -0.25) is 4.98 Å². The van der Waals surface area contributed by atoms with Gasteiger partial charge in [0.05, 0.1) is 16.0 Å². The van der Waals surface area contributed by atoms with Gasteiger partial charge in [0.2, 0.25) is 10.0 Å². The molecule has 128 valence electrons. The number of aromatic nitrogens is 1. The van der Waals surface area contributed by atoms with Crippen LogP contribution in [-0.4, -0.2) is 43.6 Å². The van der Waals surface area contributed by atoms with Gasteiger partial charge in [-0.05, 0) is 36.1 Å². The van der Waals surface area contributed by atoms with Gasteiger partial charge in [-0.1, -0.05) is 17.7 Å². The highest BCUT2D eigenvalue weighted by Gasteiger charge is 2.34. The molecule has 2 aromatic rings. The fourth-order valence-electron chi connectivity index (χ4n) is 2.77. The van der Waals surface area contributed by atoms with E-state index in [2.05, 4.69) is 10.3 Å². The van der Waals surface area contributed by atoms with Gasteiger partial charge in [0.1, 0.15) is 0 Å². The standard InChI is InChI=1S/C16H18ClN3O2S2/c1-23-16-5-4-13(9-14(16)17)24(21,22)20-8-7-19-11-15(20)12-3-2-6-18-10-12/h2-6,9-10,15,19H,7-8,11H2,1H3. The van der Waals surface area contributed by atoms with Crippen molar-refractivity contribution in [2.24, 2.45) is 0 Å². The number of sulfonamides is 1. The fourth-order valence-corrected chi connectivity index (χ4v) is 5.35. The first-order valence-electron chi connectivity index (χ1n) is 7.50. The molecule has 0 bridgehead atoms. The summed E-state index contributed by atoms with van der Waals surface area (Å²) in [5, 5.41) is 3.71. The van der Waals surface area contributed by atoms with E-state index in [-0.39, 0.29) is 10.9 Å². The smallest absolute Gasteiger partial charge is 0.243 e. The van der Waals surface area contributed by atoms with E-state index in [4.69, 9.17) is 11.6 Å². The minimum Gasteiger partial charge on any atom is -0.313 e. The normalized spacial score (nSPS) is 19.3. The zero-order chi connectivity index (χ0) is 17.2. The highest BCUT2D eigenvalue weighted by atomic mass is 35.5. The molecule has 2 heterocycles. The summed E-state index contributed by atoms with van der Waals surface area (Å²) in [6.45, 7) is 1.58. The highest BCUT2D eigenvalue weighted by Crippen LogP contribution is 2.32. The van der Waals surface area contributed by atoms with Crippen molar-refractivity contribution < 1.29 is 8.42 Å². The van der Waals surface area contributed by atoms with Crippen LogP contribution in [0.5, 0.6) is 0 Å². The van der Waals surface area contributed by atoms with Crippen LogP contribution in [0.2, 0.25) is 5.02 Å². The van der Waals surface area contributed by atoms with Crippen LogP contribution in [0.1, 0.15) is 11.6 Å². The van der Waals surface area contributed by atoms with E-state index in [0.717, 1.165) is 10.5 Å². The number of halogens is 1. The minimum absolute atomic E-state index is 0.223. The Hall–Kier alpha value is -1.12. The quantitative estimate of drug-likeness (QED) is 0.822. The molecule has 1 saturated heterocycles. The largest absolute Gasteiger partial charge is 0.313 e. The third kappa shape index (κ3) is 3.45. The Morgan fingerprint density at radius 1 is 1.38 bits per heavy atom. The Morgan fingerprint density at radius 2 is 2.21 bits per heavy atom. The van der Waals surface area contributed by atoms with Gasteiger partial charge in [0.15, 0.2) is 0 Å². The predicted molar refractivity (Wildman–Crippen MR) is 97.0 cm³/mol. The van der Waals surface area contributed by atoms with Crippen LogP contribution < -0.4 is 5.32 Å². The molecule has 1 aliphatic heterocycles. The first-order chi connectivity index (χ1) is 11.5. The van der Waals surface area contributed by atoms with Crippen LogP contribution in [0.3, 0.4) is 0 Å². The molecule has 0 aliphatic carbocycles. The zero-order valence-corrected chi connectivity index (χ0v) is 15.5. The maximum Gasteiger partial charge on any atom is 0.243 e. The molecule has 5 nitrogen and oxygen atoms in total. The molecule has 1 N–H and O–H groups in total. The Bertz CT molecular complexity index is 815. The summed E-state index contributed by atoms with van der Waals surface area (Å²) in [5.41, 5.74) is 0.875. The summed E-state index contributed by atoms with van der Waals surface area (Å²) in [5.74, 6) is 0. The van der Waals surface area contributed by atoms with Crippen molar-refractivity contribution in [2.75, 3.05) is 25.9 Å². The predicted octanol–water partition coefficient (Wildman–Crippen LogP) is 2.79. The fraction of sp³-hybridized carbons (Fsp3) is 0.312. The third-order valence-corrected chi connectivity index (χ3v) is 7.12. The van der Waals surface area contributed by atoms with Crippen molar-refractivity contribution in [1.29, 1.82) is 0 Å². The molecule has 0 saturated carbocycles. The second-order valence-electron chi connectivity index (χ2n) is 5.42. The van der Waals surface area contributed by atoms with Crippen molar-refractivity contribution in [3.05, 3.63) is 53.3 Å². The van der Waals surface area contributed by atoms with E-state index in [0.29, 0.717) is 24.7 Å². The molecule has 1 aromatic heterocycles. The topological polar surface area (TPSA) is 62.3 Å². The van der Waals surface area contributed by atoms with Gasteiger partial charge in [0, 0.05) is 36.9 Å². The molecule has 3 rings (SSSR count). The van der Waals surface area contributed by atoms with Gasteiger partial charge in [-0.15, -0.1) is 11.8 Å². The number of rotatable bonds is 4. The lowest BCUT2D eigenvalue weighted by Crippen LogP contribution is -2.48. The van der Waals surface area contributed by atoms with Crippen molar-refractivity contribution >= 4 is 33.4 Å². The lowest BCUT2D eigenvalue weighted by Gasteiger charge is -2.35. The summed E-state index contributed by atoms with van der Waals surface area (Å²) in [7, 11) is -3.63. The van der Waals surface area contributed by atoms with Crippen LogP contribution in [0.25, 0.3) is 0 Å². The minimum atomic E-state index is -3.63. The number of hydrogen-bond acceptors (Lipinski definition) is 5. The molecule has 0 amide bonds. The number of thioether (sulfide) groups is 1. The van der Waals surface area contributed by atoms with E-state index < -0.39 is 10.0 Å². The molecular weight excluding hydrogens is 366 g/mol. The number of hydrogen-bond donors (Lipinski definition) is 1. The lowest BCUT2D eigenvalue weighted by atomic mass is 10.1. The number of pyridine rings is 1. The van der Waals surface area contributed by atoms with Gasteiger partial charge in [0.25, 0.3) is 0 Å². The van der Waals surface area contributed by atoms with E-state index in [9.17, 15) is 8.42 Å². The molecule has 1 unspecified atom stereocenters. The van der Waals surface area contributed by atoms with Crippen molar-refractivity contribution in [3.8, 4) is 0 Å². The van der Waals surface area contributed by atoms with Crippen LogP contribution in [-0.2, 0) is 10.0 Å². The highest BCUT2D eigenvalue weighted by molar-refractivity contribution is 7.98. The van der Waals surface area contributed by atoms with Crippen LogP contribution in [0.15, 0.2) is 52.5 Å². The Labute approximate surface area is 151 Å². The third-order valence-electron chi connectivity index (χ3n) is 3.99. The van der Waals surface area contributed by atoms with Gasteiger partial charge >= 0.3 is 0 Å². The molecule has 1 aliphatic rings. The second kappa shape index (κ2) is 7.41. The van der Waals surface area contributed by atoms with E-state index in [1.807, 2.05) is 18.4 Å². The number of piperazine rings is 1. The monoisotopic (exact) mass is 383 g/mol. The van der Waals surface area contributed by atoms with Gasteiger partial charge < -0.3 is 5.32 Å². The zero-order valence-electron chi connectivity index (χ0n) is 13.1. The van der Waals surface area contributed by atoms with E-state index in [1.54, 1.807) is 24.5 Å². The summed E-state index contributed by atoms with van der Waals surface area (Å²) in [4.78, 5) is 5.20. The van der Waals surface area contributed by atoms with Crippen molar-refractivity contribution in [1.82, 2.24) is 14.6 Å². The molecule has 24 heavy (non-hydrogen) atoms.